The van der Waals surface area contributed by atoms with Gasteiger partial charge in [-0.2, -0.15) is 0 Å². The van der Waals surface area contributed by atoms with E-state index in [9.17, 15) is 8.78 Å². The summed E-state index contributed by atoms with van der Waals surface area (Å²) in [5, 5.41) is 2.75. The van der Waals surface area contributed by atoms with Crippen molar-refractivity contribution in [3.63, 3.8) is 0 Å². The van der Waals surface area contributed by atoms with Gasteiger partial charge in [-0.15, -0.1) is 0 Å². The molecule has 2 heterocycles. The summed E-state index contributed by atoms with van der Waals surface area (Å²) in [6, 6.07) is 16.6. The van der Waals surface area contributed by atoms with Gasteiger partial charge in [-0.05, 0) is 36.4 Å². The van der Waals surface area contributed by atoms with Crippen LogP contribution in [0.3, 0.4) is 0 Å². The zero-order valence-electron chi connectivity index (χ0n) is 12.3. The van der Waals surface area contributed by atoms with Crippen molar-refractivity contribution in [1.82, 2.24) is 0 Å². The van der Waals surface area contributed by atoms with E-state index in [2.05, 4.69) is 0 Å². The first-order valence-corrected chi connectivity index (χ1v) is 7.50. The van der Waals surface area contributed by atoms with Crippen LogP contribution in [-0.2, 0) is 0 Å². The number of rotatable bonds is 1. The molecule has 0 N–H and O–H groups in total. The second-order valence-electron chi connectivity index (χ2n) is 5.68. The third kappa shape index (κ3) is 1.80. The van der Waals surface area contributed by atoms with Gasteiger partial charge in [0, 0.05) is 22.2 Å². The van der Waals surface area contributed by atoms with E-state index in [4.69, 9.17) is 8.83 Å². The lowest BCUT2D eigenvalue weighted by Gasteiger charge is -1.98. The molecule has 5 aromatic rings. The Balaban J connectivity index is 1.86. The monoisotopic (exact) mass is 320 g/mol. The standard InChI is InChI=1S/C20H10F2O2/c21-11-5-6-12(15(22)9-11)19-10-14-17(24-19)7-8-18-20(14)13-3-1-2-4-16(13)23-18/h1-10H. The van der Waals surface area contributed by atoms with E-state index in [-0.39, 0.29) is 5.56 Å². The lowest BCUT2D eigenvalue weighted by molar-refractivity contribution is 0.575. The van der Waals surface area contributed by atoms with Crippen molar-refractivity contribution in [1.29, 1.82) is 0 Å². The van der Waals surface area contributed by atoms with E-state index >= 15 is 0 Å². The molecular formula is C20H10F2O2. The minimum atomic E-state index is -0.651. The van der Waals surface area contributed by atoms with Crippen LogP contribution >= 0.6 is 0 Å². The van der Waals surface area contributed by atoms with Gasteiger partial charge in [0.25, 0.3) is 0 Å². The summed E-state index contributed by atoms with van der Waals surface area (Å²) in [6.45, 7) is 0. The fourth-order valence-corrected chi connectivity index (χ4v) is 3.16. The second-order valence-corrected chi connectivity index (χ2v) is 5.68. The summed E-state index contributed by atoms with van der Waals surface area (Å²) in [5.74, 6) is -0.904. The Labute approximate surface area is 134 Å². The van der Waals surface area contributed by atoms with Crippen LogP contribution in [0.2, 0.25) is 0 Å². The van der Waals surface area contributed by atoms with Crippen LogP contribution in [0.5, 0.6) is 0 Å². The molecule has 116 valence electrons. The fraction of sp³-hybridized carbons (Fsp3) is 0. The van der Waals surface area contributed by atoms with Crippen LogP contribution in [0.15, 0.2) is 69.5 Å². The molecule has 0 atom stereocenters. The molecule has 0 radical (unpaired) electrons. The number of hydrogen-bond acceptors (Lipinski definition) is 2. The molecule has 4 heteroatoms. The molecule has 0 bridgehead atoms. The van der Waals surface area contributed by atoms with Gasteiger partial charge in [-0.25, -0.2) is 8.78 Å². The van der Waals surface area contributed by atoms with Crippen molar-refractivity contribution >= 4 is 32.9 Å². The van der Waals surface area contributed by atoms with Gasteiger partial charge in [0.2, 0.25) is 0 Å². The molecule has 5 rings (SSSR count). The molecule has 2 nitrogen and oxygen atoms in total. The van der Waals surface area contributed by atoms with Crippen LogP contribution in [-0.4, -0.2) is 0 Å². The van der Waals surface area contributed by atoms with Crippen molar-refractivity contribution in [2.45, 2.75) is 0 Å². The maximum absolute atomic E-state index is 14.1. The lowest BCUT2D eigenvalue weighted by atomic mass is 10.1. The Bertz CT molecular complexity index is 1230. The first kappa shape index (κ1) is 13.3. The quantitative estimate of drug-likeness (QED) is 0.363. The molecule has 0 aliphatic carbocycles. The molecule has 0 spiro atoms. The summed E-state index contributed by atoms with van der Waals surface area (Å²) in [7, 11) is 0. The Morgan fingerprint density at radius 2 is 1.46 bits per heavy atom. The SMILES string of the molecule is Fc1ccc(-c2cc3c(ccc4oc5ccccc5c43)o2)c(F)c1. The minimum Gasteiger partial charge on any atom is -0.456 e. The number of furan rings is 2. The Morgan fingerprint density at radius 3 is 2.33 bits per heavy atom. The zero-order chi connectivity index (χ0) is 16.3. The highest BCUT2D eigenvalue weighted by molar-refractivity contribution is 6.18. The largest absolute Gasteiger partial charge is 0.456 e. The predicted molar refractivity (Wildman–Crippen MR) is 88.8 cm³/mol. The van der Waals surface area contributed by atoms with E-state index in [0.717, 1.165) is 33.4 Å². The minimum absolute atomic E-state index is 0.230. The fourth-order valence-electron chi connectivity index (χ4n) is 3.16. The smallest absolute Gasteiger partial charge is 0.138 e. The third-order valence-electron chi connectivity index (χ3n) is 4.24. The van der Waals surface area contributed by atoms with Crippen molar-refractivity contribution in [3.05, 3.63) is 72.3 Å². The van der Waals surface area contributed by atoms with E-state index in [1.165, 1.54) is 12.1 Å². The highest BCUT2D eigenvalue weighted by Crippen LogP contribution is 2.38. The van der Waals surface area contributed by atoms with Gasteiger partial charge in [0.05, 0.1) is 5.56 Å². The Kier molecular flexibility index (Phi) is 2.59. The maximum atomic E-state index is 14.1. The van der Waals surface area contributed by atoms with Crippen molar-refractivity contribution in [2.75, 3.05) is 0 Å². The van der Waals surface area contributed by atoms with E-state index < -0.39 is 11.6 Å². The van der Waals surface area contributed by atoms with Crippen molar-refractivity contribution in [3.8, 4) is 11.3 Å². The molecule has 0 amide bonds. The number of para-hydroxylation sites is 1. The number of hydrogen-bond donors (Lipinski definition) is 0. The highest BCUT2D eigenvalue weighted by atomic mass is 19.1. The average molecular weight is 320 g/mol. The Hall–Kier alpha value is -3.14. The molecule has 3 aromatic carbocycles. The van der Waals surface area contributed by atoms with Gasteiger partial charge in [0.1, 0.15) is 34.1 Å². The molecule has 0 aliphatic rings. The van der Waals surface area contributed by atoms with Gasteiger partial charge >= 0.3 is 0 Å². The highest BCUT2D eigenvalue weighted by Gasteiger charge is 2.16. The van der Waals surface area contributed by atoms with Crippen molar-refractivity contribution in [2.24, 2.45) is 0 Å². The summed E-state index contributed by atoms with van der Waals surface area (Å²) in [4.78, 5) is 0. The summed E-state index contributed by atoms with van der Waals surface area (Å²) < 4.78 is 38.8. The normalized spacial score (nSPS) is 11.8. The summed E-state index contributed by atoms with van der Waals surface area (Å²) >= 11 is 0. The number of fused-ring (bicyclic) bond motifs is 5. The van der Waals surface area contributed by atoms with Gasteiger partial charge in [-0.1, -0.05) is 18.2 Å². The number of halogens is 2. The summed E-state index contributed by atoms with van der Waals surface area (Å²) in [5.41, 5.74) is 2.40. The van der Waals surface area contributed by atoms with E-state index in [0.29, 0.717) is 11.3 Å². The zero-order valence-corrected chi connectivity index (χ0v) is 12.3. The molecule has 0 saturated heterocycles. The van der Waals surface area contributed by atoms with Crippen LogP contribution < -0.4 is 0 Å². The second kappa shape index (κ2) is 4.68. The molecule has 24 heavy (non-hydrogen) atoms. The first-order chi connectivity index (χ1) is 11.7. The van der Waals surface area contributed by atoms with E-state index in [1.54, 1.807) is 12.1 Å². The van der Waals surface area contributed by atoms with Crippen LogP contribution in [0.1, 0.15) is 0 Å². The molecule has 2 aromatic heterocycles. The topological polar surface area (TPSA) is 26.3 Å². The molecule has 0 unspecified atom stereocenters. The molecule has 0 saturated carbocycles. The van der Waals surface area contributed by atoms with Crippen LogP contribution in [0.4, 0.5) is 8.78 Å². The average Bonchev–Trinajstić information content (AvgIpc) is 3.14. The molecule has 0 aliphatic heterocycles. The lowest BCUT2D eigenvalue weighted by Crippen LogP contribution is -1.83. The van der Waals surface area contributed by atoms with Crippen molar-refractivity contribution < 1.29 is 17.6 Å². The first-order valence-electron chi connectivity index (χ1n) is 7.50. The Morgan fingerprint density at radius 1 is 0.667 bits per heavy atom. The van der Waals surface area contributed by atoms with Crippen LogP contribution in [0.25, 0.3) is 44.2 Å². The maximum Gasteiger partial charge on any atom is 0.138 e. The third-order valence-corrected chi connectivity index (χ3v) is 4.24. The van der Waals surface area contributed by atoms with Gasteiger partial charge in [0.15, 0.2) is 0 Å². The molecule has 0 fully saturated rings. The predicted octanol–water partition coefficient (Wildman–Crippen LogP) is 6.28. The van der Waals surface area contributed by atoms with E-state index in [1.807, 2.05) is 30.3 Å². The van der Waals surface area contributed by atoms with Gasteiger partial charge in [-0.3, -0.25) is 0 Å². The van der Waals surface area contributed by atoms with Crippen LogP contribution in [0, 0.1) is 11.6 Å². The molecular weight excluding hydrogens is 310 g/mol. The number of benzene rings is 3. The summed E-state index contributed by atoms with van der Waals surface area (Å²) in [6.07, 6.45) is 0. The van der Waals surface area contributed by atoms with Gasteiger partial charge < -0.3 is 8.83 Å².